The molecule has 0 bridgehead atoms. The van der Waals surface area contributed by atoms with E-state index in [0.717, 1.165) is 10.0 Å². The fourth-order valence-corrected chi connectivity index (χ4v) is 3.56. The van der Waals surface area contributed by atoms with Gasteiger partial charge in [0.25, 0.3) is 0 Å². The summed E-state index contributed by atoms with van der Waals surface area (Å²) in [6.45, 7) is 6.37. The molecule has 3 rings (SSSR count). The fourth-order valence-electron chi connectivity index (χ4n) is 2.53. The second-order valence-electron chi connectivity index (χ2n) is 5.68. The first-order valence-electron chi connectivity index (χ1n) is 8.51. The van der Waals surface area contributed by atoms with E-state index in [0.29, 0.717) is 34.7 Å². The number of carbonyl (C=O) groups excluding carboxylic acids is 1. The Bertz CT molecular complexity index is 982. The molecule has 1 heterocycles. The van der Waals surface area contributed by atoms with Gasteiger partial charge in [0.1, 0.15) is 6.61 Å². The maximum Gasteiger partial charge on any atom is 0.363 e. The third-order valence-corrected chi connectivity index (χ3v) is 4.99. The molecule has 0 amide bonds. The number of esters is 1. The van der Waals surface area contributed by atoms with Crippen LogP contribution in [0.2, 0.25) is 0 Å². The van der Waals surface area contributed by atoms with Crippen molar-refractivity contribution < 1.29 is 19.0 Å². The molecule has 0 N–H and O–H groups in total. The normalized spacial score (nSPS) is 14.6. The molecule has 28 heavy (non-hydrogen) atoms. The lowest BCUT2D eigenvalue weighted by atomic mass is 10.1. The minimum Gasteiger partial charge on any atom is -0.490 e. The van der Waals surface area contributed by atoms with Crippen LogP contribution in [-0.2, 0) is 9.53 Å². The van der Waals surface area contributed by atoms with Crippen LogP contribution < -0.4 is 9.47 Å². The molecule has 0 unspecified atom stereocenters. The van der Waals surface area contributed by atoms with Gasteiger partial charge in [-0.25, -0.2) is 9.79 Å². The van der Waals surface area contributed by atoms with E-state index in [4.69, 9.17) is 14.2 Å². The number of benzene rings is 2. The Kier molecular flexibility index (Phi) is 6.70. The maximum atomic E-state index is 12.3. The Balaban J connectivity index is 1.97. The fraction of sp³-hybridized carbons (Fsp3) is 0.143. The van der Waals surface area contributed by atoms with Crippen LogP contribution in [0.15, 0.2) is 68.7 Å². The molecule has 144 valence electrons. The van der Waals surface area contributed by atoms with Crippen LogP contribution in [0, 0.1) is 0 Å². The number of carbonyl (C=O) groups is 1. The molecule has 1 aliphatic rings. The molecule has 2 aromatic carbocycles. The Morgan fingerprint density at radius 1 is 1.18 bits per heavy atom. The van der Waals surface area contributed by atoms with Crippen LogP contribution in [0.4, 0.5) is 0 Å². The van der Waals surface area contributed by atoms with Crippen molar-refractivity contribution in [3.8, 4) is 11.5 Å². The molecule has 0 fully saturated rings. The molecule has 2 aromatic rings. The van der Waals surface area contributed by atoms with Gasteiger partial charge in [0.2, 0.25) is 5.90 Å². The van der Waals surface area contributed by atoms with Gasteiger partial charge in [-0.2, -0.15) is 0 Å². The number of nitrogens with zero attached hydrogens (tertiary/aromatic N) is 1. The average molecular weight is 507 g/mol. The zero-order valence-corrected chi connectivity index (χ0v) is 18.2. The van der Waals surface area contributed by atoms with Crippen molar-refractivity contribution in [2.24, 2.45) is 4.99 Å². The van der Waals surface area contributed by atoms with Crippen molar-refractivity contribution in [3.63, 3.8) is 0 Å². The lowest BCUT2D eigenvalue weighted by Gasteiger charge is -2.13. The largest absolute Gasteiger partial charge is 0.490 e. The van der Waals surface area contributed by atoms with Gasteiger partial charge in [-0.15, -0.1) is 0 Å². The minimum absolute atomic E-state index is 0.208. The lowest BCUT2D eigenvalue weighted by molar-refractivity contribution is -0.129. The van der Waals surface area contributed by atoms with Gasteiger partial charge in [0, 0.05) is 4.47 Å². The number of aliphatic imine (C=N–C) groups is 1. The Morgan fingerprint density at radius 3 is 2.68 bits per heavy atom. The van der Waals surface area contributed by atoms with E-state index in [9.17, 15) is 4.79 Å². The highest BCUT2D eigenvalue weighted by molar-refractivity contribution is 9.10. The zero-order chi connectivity index (χ0) is 20.1. The lowest BCUT2D eigenvalue weighted by Crippen LogP contribution is -2.05. The van der Waals surface area contributed by atoms with Crippen LogP contribution in [0.1, 0.15) is 18.1 Å². The Morgan fingerprint density at radius 2 is 1.96 bits per heavy atom. The van der Waals surface area contributed by atoms with Crippen molar-refractivity contribution in [2.75, 3.05) is 13.2 Å². The van der Waals surface area contributed by atoms with Crippen LogP contribution >= 0.6 is 31.9 Å². The molecule has 7 heteroatoms. The van der Waals surface area contributed by atoms with Crippen molar-refractivity contribution >= 4 is 49.8 Å². The number of halogens is 2. The van der Waals surface area contributed by atoms with Crippen LogP contribution in [0.5, 0.6) is 11.5 Å². The second-order valence-corrected chi connectivity index (χ2v) is 7.39. The number of hydrogen-bond acceptors (Lipinski definition) is 5. The first-order valence-corrected chi connectivity index (χ1v) is 10.1. The molecular formula is C21H17Br2NO4. The monoisotopic (exact) mass is 505 g/mol. The molecule has 1 aliphatic heterocycles. The molecule has 0 atom stereocenters. The van der Waals surface area contributed by atoms with E-state index in [1.54, 1.807) is 18.2 Å². The smallest absolute Gasteiger partial charge is 0.363 e. The van der Waals surface area contributed by atoms with Crippen molar-refractivity contribution in [2.45, 2.75) is 6.92 Å². The van der Waals surface area contributed by atoms with Gasteiger partial charge < -0.3 is 14.2 Å². The summed E-state index contributed by atoms with van der Waals surface area (Å²) in [7, 11) is 0. The summed E-state index contributed by atoms with van der Waals surface area (Å²) in [5, 5.41) is 0. The van der Waals surface area contributed by atoms with Crippen molar-refractivity contribution in [1.82, 2.24) is 0 Å². The molecule has 0 aromatic heterocycles. The van der Waals surface area contributed by atoms with Crippen LogP contribution in [-0.4, -0.2) is 25.1 Å². The molecule has 0 aliphatic carbocycles. The summed E-state index contributed by atoms with van der Waals surface area (Å²) in [5.41, 5.74) is 1.65. The van der Waals surface area contributed by atoms with E-state index in [-0.39, 0.29) is 11.6 Å². The van der Waals surface area contributed by atoms with E-state index in [1.807, 2.05) is 37.3 Å². The maximum absolute atomic E-state index is 12.3. The van der Waals surface area contributed by atoms with Crippen molar-refractivity contribution in [3.05, 3.63) is 74.8 Å². The summed E-state index contributed by atoms with van der Waals surface area (Å²) >= 11 is 6.94. The highest BCUT2D eigenvalue weighted by atomic mass is 79.9. The summed E-state index contributed by atoms with van der Waals surface area (Å²) in [4.78, 5) is 16.6. The highest BCUT2D eigenvalue weighted by Crippen LogP contribution is 2.38. The van der Waals surface area contributed by atoms with Gasteiger partial charge in [0.05, 0.1) is 16.6 Å². The van der Waals surface area contributed by atoms with Crippen LogP contribution in [0.25, 0.3) is 6.08 Å². The molecule has 0 saturated heterocycles. The first-order chi connectivity index (χ1) is 13.5. The van der Waals surface area contributed by atoms with E-state index < -0.39 is 5.97 Å². The van der Waals surface area contributed by atoms with Gasteiger partial charge in [-0.05, 0) is 74.7 Å². The number of ether oxygens (including phenoxy) is 3. The number of cyclic esters (lactones) is 1. The second kappa shape index (κ2) is 9.21. The summed E-state index contributed by atoms with van der Waals surface area (Å²) < 4.78 is 18.2. The zero-order valence-electron chi connectivity index (χ0n) is 15.1. The Hall–Kier alpha value is -2.38. The summed E-state index contributed by atoms with van der Waals surface area (Å²) in [6.07, 6.45) is 3.31. The minimum atomic E-state index is -0.508. The average Bonchev–Trinajstić information content (AvgIpc) is 3.02. The van der Waals surface area contributed by atoms with Gasteiger partial charge in [-0.3, -0.25) is 0 Å². The first kappa shape index (κ1) is 20.4. The molecule has 5 nitrogen and oxygen atoms in total. The molecule has 0 spiro atoms. The van der Waals surface area contributed by atoms with E-state index in [2.05, 4.69) is 43.4 Å². The third-order valence-electron chi connectivity index (χ3n) is 3.71. The third kappa shape index (κ3) is 4.54. The summed E-state index contributed by atoms with van der Waals surface area (Å²) in [5.74, 6) is 0.896. The van der Waals surface area contributed by atoms with Gasteiger partial charge in [0.15, 0.2) is 17.2 Å². The molecular weight excluding hydrogens is 490 g/mol. The Labute approximate surface area is 180 Å². The highest BCUT2D eigenvalue weighted by Gasteiger charge is 2.25. The standard InChI is InChI=1S/C21H17Br2NO4/c1-3-9-27-19-16(23)10-13(12-18(19)26-4-2)11-17-21(25)28-20(24-17)14-7-5-6-8-15(14)22/h3,5-8,10-12H,1,4,9H2,2H3/b17-11-. The number of hydrogen-bond donors (Lipinski definition) is 0. The predicted octanol–water partition coefficient (Wildman–Crippen LogP) is 5.52. The number of rotatable bonds is 7. The van der Waals surface area contributed by atoms with Crippen molar-refractivity contribution in [1.29, 1.82) is 0 Å². The topological polar surface area (TPSA) is 57.1 Å². The molecule has 0 saturated carbocycles. The van der Waals surface area contributed by atoms with Gasteiger partial charge in [-0.1, -0.05) is 24.8 Å². The van der Waals surface area contributed by atoms with E-state index >= 15 is 0 Å². The van der Waals surface area contributed by atoms with E-state index in [1.165, 1.54) is 0 Å². The SMILES string of the molecule is C=CCOc1c(Br)cc(/C=C2\N=C(c3ccccc3Br)OC2=O)cc1OCC. The molecule has 0 radical (unpaired) electrons. The van der Waals surface area contributed by atoms with Crippen LogP contribution in [0.3, 0.4) is 0 Å². The van der Waals surface area contributed by atoms with Gasteiger partial charge >= 0.3 is 5.97 Å². The summed E-state index contributed by atoms with van der Waals surface area (Å²) in [6, 6.07) is 11.0. The predicted molar refractivity (Wildman–Crippen MR) is 116 cm³/mol. The quantitative estimate of drug-likeness (QED) is 0.282.